The van der Waals surface area contributed by atoms with E-state index < -0.39 is 27.1 Å². The van der Waals surface area contributed by atoms with Crippen LogP contribution in [0.3, 0.4) is 0 Å². The van der Waals surface area contributed by atoms with Crippen LogP contribution in [-0.4, -0.2) is 30.5 Å². The summed E-state index contributed by atoms with van der Waals surface area (Å²) in [6.07, 6.45) is 0.124. The van der Waals surface area contributed by atoms with E-state index in [4.69, 9.17) is 5.11 Å². The lowest BCUT2D eigenvalue weighted by molar-refractivity contribution is -0.384. The van der Waals surface area contributed by atoms with Gasteiger partial charge in [-0.3, -0.25) is 14.3 Å². The Morgan fingerprint density at radius 3 is 2.43 bits per heavy atom. The molecule has 0 spiro atoms. The van der Waals surface area contributed by atoms with Gasteiger partial charge >= 0.3 is 5.97 Å². The third-order valence-corrected chi connectivity index (χ3v) is 3.82. The first-order valence-electron chi connectivity index (χ1n) is 5.79. The first-order chi connectivity index (χ1) is 9.77. The number of hydrogen-bond donors (Lipinski definition) is 1. The highest BCUT2D eigenvalue weighted by atomic mass is 32.2. The molecule has 0 amide bonds. The van der Waals surface area contributed by atoms with E-state index in [1.807, 2.05) is 0 Å². The minimum atomic E-state index is -4.32. The monoisotopic (exact) mass is 315 g/mol. The summed E-state index contributed by atoms with van der Waals surface area (Å²) in [6, 6.07) is 3.96. The number of carboxylic acid groups (broad SMARTS) is 1. The van der Waals surface area contributed by atoms with E-state index in [2.05, 4.69) is 10.8 Å². The Bertz CT molecular complexity index is 636. The number of hydrogen-bond acceptors (Lipinski definition) is 6. The van der Waals surface area contributed by atoms with Crippen molar-refractivity contribution < 1.29 is 27.4 Å². The molecule has 1 aromatic carbocycles. The predicted octanol–water partition coefficient (Wildman–Crippen LogP) is 1.72. The van der Waals surface area contributed by atoms with Gasteiger partial charge in [0.05, 0.1) is 9.82 Å². The molecule has 1 unspecified atom stereocenters. The molecule has 1 rings (SSSR count). The fourth-order valence-corrected chi connectivity index (χ4v) is 2.49. The van der Waals surface area contributed by atoms with Gasteiger partial charge in [0.15, 0.2) is 6.10 Å². The van der Waals surface area contributed by atoms with E-state index in [1.54, 1.807) is 0 Å². The van der Waals surface area contributed by atoms with Gasteiger partial charge in [-0.05, 0) is 25.0 Å². The van der Waals surface area contributed by atoms with Crippen molar-refractivity contribution in [3.05, 3.63) is 47.0 Å². The SMILES string of the molecule is C=CCCC(OS(=O)(=O)c1ccc([N+](=O)[O-])cc1)C(=O)O. The van der Waals surface area contributed by atoms with Crippen molar-refractivity contribution >= 4 is 21.8 Å². The fourth-order valence-electron chi connectivity index (χ4n) is 1.42. The van der Waals surface area contributed by atoms with Crippen LogP contribution >= 0.6 is 0 Å². The van der Waals surface area contributed by atoms with Crippen LogP contribution in [0, 0.1) is 10.1 Å². The van der Waals surface area contributed by atoms with E-state index in [0.717, 1.165) is 24.3 Å². The van der Waals surface area contributed by atoms with E-state index in [-0.39, 0.29) is 23.4 Å². The molecule has 0 bridgehead atoms. The normalized spacial score (nSPS) is 12.6. The van der Waals surface area contributed by atoms with E-state index in [9.17, 15) is 23.3 Å². The molecule has 0 aliphatic carbocycles. The number of aliphatic carboxylic acids is 1. The zero-order chi connectivity index (χ0) is 16.0. The number of rotatable bonds is 8. The Hall–Kier alpha value is -2.26. The minimum Gasteiger partial charge on any atom is -0.479 e. The van der Waals surface area contributed by atoms with Gasteiger partial charge < -0.3 is 5.11 Å². The van der Waals surface area contributed by atoms with Crippen molar-refractivity contribution in [3.8, 4) is 0 Å². The number of non-ortho nitro benzene ring substituents is 1. The lowest BCUT2D eigenvalue weighted by Crippen LogP contribution is -2.27. The van der Waals surface area contributed by atoms with Crippen LogP contribution in [0.5, 0.6) is 0 Å². The molecule has 1 aromatic rings. The summed E-state index contributed by atoms with van der Waals surface area (Å²) in [6.45, 7) is 3.41. The Morgan fingerprint density at radius 1 is 1.43 bits per heavy atom. The van der Waals surface area contributed by atoms with Crippen LogP contribution in [0.15, 0.2) is 41.8 Å². The molecule has 0 aliphatic heterocycles. The van der Waals surface area contributed by atoms with Crippen molar-refractivity contribution in [1.29, 1.82) is 0 Å². The minimum absolute atomic E-state index is 0.0506. The Balaban J connectivity index is 2.95. The summed E-state index contributed by atoms with van der Waals surface area (Å²) in [5, 5.41) is 19.4. The first kappa shape index (κ1) is 16.8. The van der Waals surface area contributed by atoms with Gasteiger partial charge in [0.1, 0.15) is 0 Å². The molecule has 0 saturated heterocycles. The predicted molar refractivity (Wildman–Crippen MR) is 72.2 cm³/mol. The first-order valence-corrected chi connectivity index (χ1v) is 7.20. The number of nitrogens with zero attached hydrogens (tertiary/aromatic N) is 1. The summed E-state index contributed by atoms with van der Waals surface area (Å²) in [4.78, 5) is 20.4. The second kappa shape index (κ2) is 6.95. The van der Waals surface area contributed by atoms with Crippen LogP contribution in [0.1, 0.15) is 12.8 Å². The van der Waals surface area contributed by atoms with Gasteiger partial charge in [0.25, 0.3) is 15.8 Å². The van der Waals surface area contributed by atoms with Crippen molar-refractivity contribution in [3.63, 3.8) is 0 Å². The summed E-state index contributed by atoms with van der Waals surface area (Å²) >= 11 is 0. The topological polar surface area (TPSA) is 124 Å². The van der Waals surface area contributed by atoms with Crippen molar-refractivity contribution in [2.75, 3.05) is 0 Å². The quantitative estimate of drug-likeness (QED) is 0.335. The number of allylic oxidation sites excluding steroid dienone is 1. The van der Waals surface area contributed by atoms with Crippen LogP contribution in [0.2, 0.25) is 0 Å². The molecule has 114 valence electrons. The summed E-state index contributed by atoms with van der Waals surface area (Å²) in [5.74, 6) is -1.41. The lowest BCUT2D eigenvalue weighted by Gasteiger charge is -2.12. The second-order valence-electron chi connectivity index (χ2n) is 3.99. The van der Waals surface area contributed by atoms with Crippen molar-refractivity contribution in [1.82, 2.24) is 0 Å². The number of nitro groups is 1. The molecule has 1 atom stereocenters. The molecule has 21 heavy (non-hydrogen) atoms. The third kappa shape index (κ3) is 4.65. The maximum absolute atomic E-state index is 11.9. The molecular weight excluding hydrogens is 302 g/mol. The average molecular weight is 315 g/mol. The number of carboxylic acids is 1. The van der Waals surface area contributed by atoms with Crippen molar-refractivity contribution in [2.24, 2.45) is 0 Å². The van der Waals surface area contributed by atoms with Gasteiger partial charge in [0, 0.05) is 12.1 Å². The highest BCUT2D eigenvalue weighted by Crippen LogP contribution is 2.20. The highest BCUT2D eigenvalue weighted by Gasteiger charge is 2.27. The van der Waals surface area contributed by atoms with E-state index >= 15 is 0 Å². The third-order valence-electron chi connectivity index (χ3n) is 2.49. The van der Waals surface area contributed by atoms with Gasteiger partial charge in [-0.25, -0.2) is 4.79 Å². The Morgan fingerprint density at radius 2 is 2.00 bits per heavy atom. The molecule has 0 fully saturated rings. The average Bonchev–Trinajstić information content (AvgIpc) is 2.43. The van der Waals surface area contributed by atoms with Gasteiger partial charge in [0.2, 0.25) is 0 Å². The molecule has 0 saturated carbocycles. The summed E-state index contributed by atoms with van der Waals surface area (Å²) < 4.78 is 28.5. The number of carbonyl (C=O) groups is 1. The maximum Gasteiger partial charge on any atom is 0.334 e. The molecule has 0 aromatic heterocycles. The summed E-state index contributed by atoms with van der Waals surface area (Å²) in [7, 11) is -4.32. The van der Waals surface area contributed by atoms with Gasteiger partial charge in [-0.15, -0.1) is 6.58 Å². The molecule has 0 heterocycles. The fraction of sp³-hybridized carbons (Fsp3) is 0.250. The Kier molecular flexibility index (Phi) is 5.56. The Labute approximate surface area is 120 Å². The second-order valence-corrected chi connectivity index (χ2v) is 5.57. The molecule has 0 aliphatic rings. The van der Waals surface area contributed by atoms with Crippen LogP contribution in [0.4, 0.5) is 5.69 Å². The van der Waals surface area contributed by atoms with Crippen LogP contribution in [0.25, 0.3) is 0 Å². The zero-order valence-electron chi connectivity index (χ0n) is 10.8. The smallest absolute Gasteiger partial charge is 0.334 e. The van der Waals surface area contributed by atoms with E-state index in [1.165, 1.54) is 6.08 Å². The van der Waals surface area contributed by atoms with Crippen molar-refractivity contribution in [2.45, 2.75) is 23.8 Å². The molecule has 8 nitrogen and oxygen atoms in total. The van der Waals surface area contributed by atoms with Gasteiger partial charge in [-0.2, -0.15) is 8.42 Å². The van der Waals surface area contributed by atoms with E-state index in [0.29, 0.717) is 0 Å². The standard InChI is InChI=1S/C12H13NO7S/c1-2-3-4-11(12(14)15)20-21(18,19)10-7-5-9(6-8-10)13(16)17/h2,5-8,11H,1,3-4H2,(H,14,15). The molecule has 1 N–H and O–H groups in total. The maximum atomic E-state index is 11.9. The van der Waals surface area contributed by atoms with Gasteiger partial charge in [-0.1, -0.05) is 6.08 Å². The summed E-state index contributed by atoms with van der Waals surface area (Å²) in [5.41, 5.74) is -0.282. The molecule has 9 heteroatoms. The largest absolute Gasteiger partial charge is 0.479 e. The number of benzene rings is 1. The highest BCUT2D eigenvalue weighted by molar-refractivity contribution is 7.86. The lowest BCUT2D eigenvalue weighted by atomic mass is 10.2. The number of nitro benzene ring substituents is 1. The molecule has 0 radical (unpaired) electrons. The zero-order valence-corrected chi connectivity index (χ0v) is 11.7. The van der Waals surface area contributed by atoms with Crippen LogP contribution < -0.4 is 0 Å². The van der Waals surface area contributed by atoms with Crippen LogP contribution in [-0.2, 0) is 19.1 Å². The molecular formula is C12H13NO7S.